The molecule has 90 valence electrons. The van der Waals surface area contributed by atoms with Gasteiger partial charge in [-0.05, 0) is 18.2 Å². The van der Waals surface area contributed by atoms with Gasteiger partial charge in [0.1, 0.15) is 5.52 Å². The fraction of sp³-hybridized carbons (Fsp3) is 0.182. The van der Waals surface area contributed by atoms with Crippen LogP contribution in [-0.4, -0.2) is 12.1 Å². The number of fused-ring (bicyclic) bond motifs is 1. The molecule has 0 atom stereocenters. The third-order valence-corrected chi connectivity index (χ3v) is 2.55. The Bertz CT molecular complexity index is 562. The summed E-state index contributed by atoms with van der Waals surface area (Å²) in [7, 11) is 1.54. The van der Waals surface area contributed by atoms with Gasteiger partial charge in [-0.2, -0.15) is 0 Å². The van der Waals surface area contributed by atoms with Crippen LogP contribution in [-0.2, 0) is 11.3 Å². The fourth-order valence-electron chi connectivity index (χ4n) is 1.65. The van der Waals surface area contributed by atoms with Gasteiger partial charge < -0.3 is 10.2 Å². The highest BCUT2D eigenvalue weighted by atomic mass is 35.5. The highest BCUT2D eigenvalue weighted by Crippen LogP contribution is 2.28. The summed E-state index contributed by atoms with van der Waals surface area (Å²) in [4.78, 5) is 4.16. The lowest BCUT2D eigenvalue weighted by Gasteiger charge is -2.09. The summed E-state index contributed by atoms with van der Waals surface area (Å²) in [6.07, 6.45) is 0. The molecule has 0 saturated carbocycles. The van der Waals surface area contributed by atoms with E-state index in [-0.39, 0.29) is 12.1 Å². The minimum atomic E-state index is -0.484. The Balaban J connectivity index is 2.73. The van der Waals surface area contributed by atoms with Crippen LogP contribution in [0.25, 0.3) is 10.9 Å². The molecule has 1 heterocycles. The third kappa shape index (κ3) is 2.31. The number of aromatic nitrogens is 1. The third-order valence-electron chi connectivity index (χ3n) is 2.33. The maximum absolute atomic E-state index is 13.7. The van der Waals surface area contributed by atoms with Crippen LogP contribution in [0, 0.1) is 5.82 Å². The van der Waals surface area contributed by atoms with Crippen molar-refractivity contribution < 1.29 is 9.13 Å². The number of nitrogens with two attached hydrogens (primary N) is 1. The maximum Gasteiger partial charge on any atom is 0.150 e. The lowest BCUT2D eigenvalue weighted by Crippen LogP contribution is -2.09. The molecule has 0 spiro atoms. The predicted molar refractivity (Wildman–Crippen MR) is 65.2 cm³/mol. The van der Waals surface area contributed by atoms with Crippen molar-refractivity contribution >= 4 is 28.2 Å². The standard InChI is InChI=1S/C11H11ClFN3O/c1-17-5-7-4-10(16-14)8-2-6(12)3-9(13)11(8)15-7/h2-4H,5,14H2,1H3,(H,15,16). The molecule has 3 N–H and O–H groups in total. The summed E-state index contributed by atoms with van der Waals surface area (Å²) in [6.45, 7) is 0.284. The van der Waals surface area contributed by atoms with Crippen LogP contribution in [0.4, 0.5) is 10.1 Å². The van der Waals surface area contributed by atoms with E-state index in [0.717, 1.165) is 0 Å². The molecular formula is C11H11ClFN3O. The molecule has 0 aliphatic rings. The number of nitrogens with one attached hydrogen (secondary N) is 1. The highest BCUT2D eigenvalue weighted by molar-refractivity contribution is 6.31. The highest BCUT2D eigenvalue weighted by Gasteiger charge is 2.10. The van der Waals surface area contributed by atoms with E-state index < -0.39 is 5.82 Å². The first-order valence-corrected chi connectivity index (χ1v) is 5.27. The number of ether oxygens (including phenoxy) is 1. The van der Waals surface area contributed by atoms with Gasteiger partial charge in [0.25, 0.3) is 0 Å². The van der Waals surface area contributed by atoms with Crippen LogP contribution < -0.4 is 11.3 Å². The Hall–Kier alpha value is -1.43. The Morgan fingerprint density at radius 1 is 1.47 bits per heavy atom. The van der Waals surface area contributed by atoms with Gasteiger partial charge in [-0.15, -0.1) is 0 Å². The van der Waals surface area contributed by atoms with E-state index >= 15 is 0 Å². The second-order valence-electron chi connectivity index (χ2n) is 3.52. The van der Waals surface area contributed by atoms with E-state index in [4.69, 9.17) is 22.2 Å². The van der Waals surface area contributed by atoms with Crippen molar-refractivity contribution in [2.45, 2.75) is 6.61 Å². The average Bonchev–Trinajstić information content (AvgIpc) is 2.29. The molecule has 1 aromatic heterocycles. The number of anilines is 1. The number of nitrogen functional groups attached to an aromatic ring is 1. The van der Waals surface area contributed by atoms with Crippen molar-refractivity contribution in [3.05, 3.63) is 34.7 Å². The van der Waals surface area contributed by atoms with Crippen molar-refractivity contribution in [1.29, 1.82) is 0 Å². The van der Waals surface area contributed by atoms with E-state index in [1.54, 1.807) is 19.2 Å². The Morgan fingerprint density at radius 2 is 2.24 bits per heavy atom. The zero-order valence-corrected chi connectivity index (χ0v) is 9.88. The first kappa shape index (κ1) is 12.0. The predicted octanol–water partition coefficient (Wildman–Crippen LogP) is 2.46. The molecule has 0 saturated heterocycles. The summed E-state index contributed by atoms with van der Waals surface area (Å²) in [6, 6.07) is 4.52. The van der Waals surface area contributed by atoms with E-state index in [9.17, 15) is 4.39 Å². The quantitative estimate of drug-likeness (QED) is 0.653. The molecule has 6 heteroatoms. The molecular weight excluding hydrogens is 245 g/mol. The van der Waals surface area contributed by atoms with Crippen LogP contribution in [0.5, 0.6) is 0 Å². The Morgan fingerprint density at radius 3 is 2.88 bits per heavy atom. The monoisotopic (exact) mass is 255 g/mol. The number of nitrogens with zero attached hydrogens (tertiary/aromatic N) is 1. The molecule has 0 unspecified atom stereocenters. The van der Waals surface area contributed by atoms with Crippen molar-refractivity contribution in [2.24, 2.45) is 5.84 Å². The summed E-state index contributed by atoms with van der Waals surface area (Å²) >= 11 is 5.79. The van der Waals surface area contributed by atoms with Crippen LogP contribution in [0.1, 0.15) is 5.69 Å². The second kappa shape index (κ2) is 4.83. The van der Waals surface area contributed by atoms with Gasteiger partial charge in [0.2, 0.25) is 0 Å². The molecule has 2 rings (SSSR count). The number of pyridine rings is 1. The van der Waals surface area contributed by atoms with Crippen molar-refractivity contribution in [1.82, 2.24) is 4.98 Å². The second-order valence-corrected chi connectivity index (χ2v) is 3.96. The molecule has 0 amide bonds. The number of rotatable bonds is 3. The molecule has 0 bridgehead atoms. The lowest BCUT2D eigenvalue weighted by molar-refractivity contribution is 0.182. The molecule has 0 aliphatic carbocycles. The lowest BCUT2D eigenvalue weighted by atomic mass is 10.1. The number of hydrogen-bond acceptors (Lipinski definition) is 4. The van der Waals surface area contributed by atoms with Gasteiger partial charge in [-0.25, -0.2) is 9.37 Å². The smallest absolute Gasteiger partial charge is 0.150 e. The maximum atomic E-state index is 13.7. The van der Waals surface area contributed by atoms with Crippen LogP contribution >= 0.6 is 11.6 Å². The SMILES string of the molecule is COCc1cc(NN)c2cc(Cl)cc(F)c2n1. The summed E-state index contributed by atoms with van der Waals surface area (Å²) in [5, 5.41) is 0.838. The van der Waals surface area contributed by atoms with Crippen molar-refractivity contribution in [2.75, 3.05) is 12.5 Å². The van der Waals surface area contributed by atoms with Gasteiger partial charge in [-0.1, -0.05) is 11.6 Å². The molecule has 17 heavy (non-hydrogen) atoms. The Labute approximate surface area is 103 Å². The normalized spacial score (nSPS) is 10.8. The van der Waals surface area contributed by atoms with Gasteiger partial charge >= 0.3 is 0 Å². The van der Waals surface area contributed by atoms with E-state index in [1.165, 1.54) is 6.07 Å². The van der Waals surface area contributed by atoms with Gasteiger partial charge in [0, 0.05) is 17.5 Å². The van der Waals surface area contributed by atoms with E-state index in [1.807, 2.05) is 0 Å². The number of benzene rings is 1. The minimum Gasteiger partial charge on any atom is -0.378 e. The van der Waals surface area contributed by atoms with E-state index in [0.29, 0.717) is 21.8 Å². The summed E-state index contributed by atoms with van der Waals surface area (Å²) < 4.78 is 18.7. The zero-order chi connectivity index (χ0) is 12.4. The molecule has 0 aliphatic heterocycles. The average molecular weight is 256 g/mol. The van der Waals surface area contributed by atoms with E-state index in [2.05, 4.69) is 10.4 Å². The largest absolute Gasteiger partial charge is 0.378 e. The number of hydrazine groups is 1. The van der Waals surface area contributed by atoms with Crippen molar-refractivity contribution in [3.63, 3.8) is 0 Å². The van der Waals surface area contributed by atoms with Crippen LogP contribution in [0.15, 0.2) is 18.2 Å². The number of halogens is 2. The Kier molecular flexibility index (Phi) is 3.42. The molecule has 2 aromatic rings. The number of methoxy groups -OCH3 is 1. The fourth-order valence-corrected chi connectivity index (χ4v) is 1.85. The zero-order valence-electron chi connectivity index (χ0n) is 9.13. The first-order valence-electron chi connectivity index (χ1n) is 4.90. The summed E-state index contributed by atoms with van der Waals surface area (Å²) in [5.41, 5.74) is 3.87. The molecule has 4 nitrogen and oxygen atoms in total. The number of hydrogen-bond donors (Lipinski definition) is 2. The van der Waals surface area contributed by atoms with Gasteiger partial charge in [0.05, 0.1) is 18.0 Å². The van der Waals surface area contributed by atoms with Crippen LogP contribution in [0.2, 0.25) is 5.02 Å². The van der Waals surface area contributed by atoms with Gasteiger partial charge in [0.15, 0.2) is 5.82 Å². The molecule has 0 fully saturated rings. The van der Waals surface area contributed by atoms with Gasteiger partial charge in [-0.3, -0.25) is 5.84 Å². The topological polar surface area (TPSA) is 60.2 Å². The molecule has 1 aromatic carbocycles. The minimum absolute atomic E-state index is 0.219. The van der Waals surface area contributed by atoms with Crippen molar-refractivity contribution in [3.8, 4) is 0 Å². The van der Waals surface area contributed by atoms with Crippen LogP contribution in [0.3, 0.4) is 0 Å². The first-order chi connectivity index (χ1) is 8.15. The molecule has 0 radical (unpaired) electrons. The summed E-state index contributed by atoms with van der Waals surface area (Å²) in [5.74, 6) is 4.91.